The molecule has 2 aromatic rings. The fourth-order valence-electron chi connectivity index (χ4n) is 2.73. The molecular weight excluding hydrogens is 403 g/mol. The summed E-state index contributed by atoms with van der Waals surface area (Å²) < 4.78 is 11.9. The molecule has 0 saturated carbocycles. The van der Waals surface area contributed by atoms with Crippen molar-refractivity contribution >= 4 is 0 Å². The molecule has 0 unspecified atom stereocenters. The molecule has 0 N–H and O–H groups in total. The third-order valence-electron chi connectivity index (χ3n) is 4.07. The molecule has 1 fully saturated rings. The number of hydrogen-bond donors (Lipinski definition) is 0. The van der Waals surface area contributed by atoms with Crippen LogP contribution in [0.2, 0.25) is 0 Å². The van der Waals surface area contributed by atoms with Crippen molar-refractivity contribution in [3.8, 4) is 29.0 Å². The first-order chi connectivity index (χ1) is 10.8. The van der Waals surface area contributed by atoms with E-state index < -0.39 is 0 Å². The molecular formula is C18H21IN2O2. The summed E-state index contributed by atoms with van der Waals surface area (Å²) in [6.07, 6.45) is 2.63. The maximum atomic E-state index is 5.52. The summed E-state index contributed by atoms with van der Waals surface area (Å²) >= 11 is 0. The zero-order valence-corrected chi connectivity index (χ0v) is 15.5. The Morgan fingerprint density at radius 3 is 2.65 bits per heavy atom. The van der Waals surface area contributed by atoms with Crippen molar-refractivity contribution in [1.82, 2.24) is 5.16 Å². The van der Waals surface area contributed by atoms with Crippen LogP contribution in [0, 0.1) is 11.8 Å². The number of ether oxygens (including phenoxy) is 1. The Morgan fingerprint density at radius 2 is 1.91 bits per heavy atom. The van der Waals surface area contributed by atoms with Crippen LogP contribution in [0.25, 0.3) is 11.3 Å². The van der Waals surface area contributed by atoms with Gasteiger partial charge in [-0.1, -0.05) is 36.3 Å². The monoisotopic (exact) mass is 424 g/mol. The van der Waals surface area contributed by atoms with Gasteiger partial charge in [0.25, 0.3) is 5.88 Å². The minimum Gasteiger partial charge on any atom is -1.00 e. The highest BCUT2D eigenvalue weighted by Gasteiger charge is 2.25. The van der Waals surface area contributed by atoms with E-state index in [-0.39, 0.29) is 24.0 Å². The van der Waals surface area contributed by atoms with Gasteiger partial charge >= 0.3 is 0 Å². The molecule has 0 radical (unpaired) electrons. The first-order valence-corrected chi connectivity index (χ1v) is 7.69. The van der Waals surface area contributed by atoms with E-state index in [1.54, 1.807) is 6.07 Å². The van der Waals surface area contributed by atoms with Gasteiger partial charge in [0.1, 0.15) is 6.54 Å². The molecule has 1 aliphatic heterocycles. The number of quaternary nitrogens is 1. The summed E-state index contributed by atoms with van der Waals surface area (Å²) in [4.78, 5) is 0. The second-order valence-electron chi connectivity index (χ2n) is 5.97. The fourth-order valence-corrected chi connectivity index (χ4v) is 2.73. The van der Waals surface area contributed by atoms with Crippen LogP contribution in [0.1, 0.15) is 12.8 Å². The van der Waals surface area contributed by atoms with Crippen molar-refractivity contribution in [2.75, 3.05) is 33.3 Å². The Kier molecular flexibility index (Phi) is 6.48. The highest BCUT2D eigenvalue weighted by molar-refractivity contribution is 5.57. The van der Waals surface area contributed by atoms with Gasteiger partial charge in [-0.3, -0.25) is 0 Å². The predicted molar refractivity (Wildman–Crippen MR) is 85.2 cm³/mol. The summed E-state index contributed by atoms with van der Waals surface area (Å²) in [5, 5.41) is 3.91. The van der Waals surface area contributed by atoms with Crippen molar-refractivity contribution in [2.45, 2.75) is 12.8 Å². The SMILES string of the molecule is C[N+]1(CC#CCOc2cc(-c3ccccc3)on2)CCCC1.[I-]. The second kappa shape index (κ2) is 8.37. The van der Waals surface area contributed by atoms with Gasteiger partial charge in [-0.2, -0.15) is 0 Å². The number of nitrogens with zero attached hydrogens (tertiary/aromatic N) is 2. The minimum absolute atomic E-state index is 0. The topological polar surface area (TPSA) is 35.3 Å². The van der Waals surface area contributed by atoms with Gasteiger partial charge in [0.2, 0.25) is 0 Å². The van der Waals surface area contributed by atoms with Crippen LogP contribution in [0.15, 0.2) is 40.9 Å². The largest absolute Gasteiger partial charge is 1.00 e. The number of rotatable bonds is 4. The van der Waals surface area contributed by atoms with Gasteiger partial charge in [0, 0.05) is 24.5 Å². The molecule has 122 valence electrons. The van der Waals surface area contributed by atoms with Crippen molar-refractivity contribution in [1.29, 1.82) is 0 Å². The Balaban J connectivity index is 0.00000192. The minimum atomic E-state index is 0. The van der Waals surface area contributed by atoms with Crippen molar-refractivity contribution in [3.05, 3.63) is 36.4 Å². The van der Waals surface area contributed by atoms with E-state index in [4.69, 9.17) is 9.26 Å². The lowest BCUT2D eigenvalue weighted by molar-refractivity contribution is -0.890. The number of halogens is 1. The van der Waals surface area contributed by atoms with E-state index in [1.807, 2.05) is 30.3 Å². The summed E-state index contributed by atoms with van der Waals surface area (Å²) in [6.45, 7) is 3.72. The zero-order chi connectivity index (χ0) is 15.3. The highest BCUT2D eigenvalue weighted by Crippen LogP contribution is 2.22. The molecule has 0 bridgehead atoms. The predicted octanol–water partition coefficient (Wildman–Crippen LogP) is -0.0318. The molecule has 5 heteroatoms. The number of hydrogen-bond acceptors (Lipinski definition) is 3. The van der Waals surface area contributed by atoms with Crippen LogP contribution in [0.3, 0.4) is 0 Å². The second-order valence-corrected chi connectivity index (χ2v) is 5.97. The normalized spacial score (nSPS) is 15.3. The molecule has 0 amide bonds. The molecule has 2 heterocycles. The fraction of sp³-hybridized carbons (Fsp3) is 0.389. The standard InChI is InChI=1S/C18H21N2O2.HI/c1-20(11-5-6-12-20)13-7-8-14-21-18-15-17(22-19-18)16-9-3-2-4-10-16;/h2-4,9-10,15H,5-6,11-14H2,1H3;1H/q+1;/p-1. The number of aromatic nitrogens is 1. The van der Waals surface area contributed by atoms with Gasteiger partial charge in [-0.25, -0.2) is 0 Å². The van der Waals surface area contributed by atoms with Crippen LogP contribution in [0.5, 0.6) is 5.88 Å². The smallest absolute Gasteiger partial charge is 0.255 e. The van der Waals surface area contributed by atoms with Gasteiger partial charge in [-0.15, -0.1) is 0 Å². The molecule has 0 spiro atoms. The van der Waals surface area contributed by atoms with E-state index in [1.165, 1.54) is 25.9 Å². The van der Waals surface area contributed by atoms with Crippen molar-refractivity contribution in [2.24, 2.45) is 0 Å². The average Bonchev–Trinajstić information content (AvgIpc) is 3.18. The maximum absolute atomic E-state index is 5.52. The average molecular weight is 424 g/mol. The summed E-state index contributed by atoms with van der Waals surface area (Å²) in [5.41, 5.74) is 0.988. The third-order valence-corrected chi connectivity index (χ3v) is 4.07. The van der Waals surface area contributed by atoms with Gasteiger partial charge < -0.3 is 37.7 Å². The van der Waals surface area contributed by atoms with Gasteiger partial charge in [0.15, 0.2) is 12.4 Å². The Hall–Kier alpha value is -1.52. The van der Waals surface area contributed by atoms with E-state index in [9.17, 15) is 0 Å². The molecule has 3 rings (SSSR count). The van der Waals surface area contributed by atoms with Crippen LogP contribution >= 0.6 is 0 Å². The molecule has 1 saturated heterocycles. The first-order valence-electron chi connectivity index (χ1n) is 7.69. The number of benzene rings is 1. The Labute approximate surface area is 154 Å². The Bertz CT molecular complexity index is 667. The molecule has 0 aliphatic carbocycles. The van der Waals surface area contributed by atoms with Crippen LogP contribution in [-0.4, -0.2) is 42.9 Å². The van der Waals surface area contributed by atoms with Crippen LogP contribution in [-0.2, 0) is 0 Å². The zero-order valence-electron chi connectivity index (χ0n) is 13.3. The molecule has 4 nitrogen and oxygen atoms in total. The van der Waals surface area contributed by atoms with E-state index in [0.29, 0.717) is 18.2 Å². The summed E-state index contributed by atoms with van der Waals surface area (Å²) in [5.74, 6) is 7.47. The Morgan fingerprint density at radius 1 is 1.17 bits per heavy atom. The van der Waals surface area contributed by atoms with Crippen LogP contribution < -0.4 is 28.7 Å². The highest BCUT2D eigenvalue weighted by atomic mass is 127. The molecule has 23 heavy (non-hydrogen) atoms. The maximum Gasteiger partial charge on any atom is 0.255 e. The first kappa shape index (κ1) is 17.8. The van der Waals surface area contributed by atoms with E-state index in [0.717, 1.165) is 16.6 Å². The van der Waals surface area contributed by atoms with Gasteiger partial charge in [-0.05, 0) is 11.1 Å². The molecule has 1 aromatic carbocycles. The summed E-state index contributed by atoms with van der Waals surface area (Å²) in [6, 6.07) is 11.6. The van der Waals surface area contributed by atoms with Gasteiger partial charge in [0.05, 0.1) is 20.1 Å². The molecule has 1 aliphatic rings. The number of likely N-dealkylation sites (tertiary alicyclic amines) is 1. The molecule has 0 atom stereocenters. The van der Waals surface area contributed by atoms with Crippen molar-refractivity contribution in [3.63, 3.8) is 0 Å². The lowest BCUT2D eigenvalue weighted by Crippen LogP contribution is -3.00. The lowest BCUT2D eigenvalue weighted by Gasteiger charge is -2.26. The van der Waals surface area contributed by atoms with E-state index in [2.05, 4.69) is 24.0 Å². The molecule has 1 aromatic heterocycles. The van der Waals surface area contributed by atoms with Crippen LogP contribution in [0.4, 0.5) is 0 Å². The summed E-state index contributed by atoms with van der Waals surface area (Å²) in [7, 11) is 2.27. The van der Waals surface area contributed by atoms with Crippen molar-refractivity contribution < 1.29 is 37.7 Å². The quantitative estimate of drug-likeness (QED) is 0.393. The lowest BCUT2D eigenvalue weighted by atomic mass is 10.2. The van der Waals surface area contributed by atoms with E-state index >= 15 is 0 Å². The third kappa shape index (κ3) is 4.98.